The van der Waals surface area contributed by atoms with E-state index in [1.54, 1.807) is 7.11 Å². The van der Waals surface area contributed by atoms with E-state index in [2.05, 4.69) is 41.2 Å². The lowest BCUT2D eigenvalue weighted by Crippen LogP contribution is -2.24. The van der Waals surface area contributed by atoms with Gasteiger partial charge >= 0.3 is 0 Å². The standard InChI is InChI=1S/C17H22N2O/c1-19(13-9-15-7-11-18-12-8-15)14-10-16-5-3-4-6-17(16)20-2/h3-8,11-12H,9-10,13-14H2,1-2H3. The molecule has 0 atom stereocenters. The summed E-state index contributed by atoms with van der Waals surface area (Å²) >= 11 is 0. The van der Waals surface area contributed by atoms with E-state index >= 15 is 0 Å². The van der Waals surface area contributed by atoms with E-state index < -0.39 is 0 Å². The Morgan fingerprint density at radius 2 is 1.70 bits per heavy atom. The predicted molar refractivity (Wildman–Crippen MR) is 82.1 cm³/mol. The van der Waals surface area contributed by atoms with E-state index in [-0.39, 0.29) is 0 Å². The normalized spacial score (nSPS) is 10.8. The van der Waals surface area contributed by atoms with Gasteiger partial charge in [0, 0.05) is 25.5 Å². The number of hydrogen-bond acceptors (Lipinski definition) is 3. The molecule has 2 rings (SSSR count). The number of ether oxygens (including phenoxy) is 1. The van der Waals surface area contributed by atoms with Crippen LogP contribution in [-0.4, -0.2) is 37.1 Å². The molecule has 1 aromatic carbocycles. The SMILES string of the molecule is COc1ccccc1CCN(C)CCc1ccncc1. The summed E-state index contributed by atoms with van der Waals surface area (Å²) in [4.78, 5) is 6.39. The van der Waals surface area contributed by atoms with Crippen LogP contribution in [0, 0.1) is 0 Å². The van der Waals surface area contributed by atoms with Gasteiger partial charge in [0.25, 0.3) is 0 Å². The molecule has 0 unspecified atom stereocenters. The van der Waals surface area contributed by atoms with Gasteiger partial charge in [-0.3, -0.25) is 4.98 Å². The summed E-state index contributed by atoms with van der Waals surface area (Å²) in [5.74, 6) is 0.982. The zero-order valence-electron chi connectivity index (χ0n) is 12.2. The van der Waals surface area contributed by atoms with Gasteiger partial charge in [0.05, 0.1) is 7.11 Å². The van der Waals surface area contributed by atoms with Gasteiger partial charge in [-0.15, -0.1) is 0 Å². The van der Waals surface area contributed by atoms with E-state index in [1.165, 1.54) is 11.1 Å². The van der Waals surface area contributed by atoms with Crippen LogP contribution in [0.2, 0.25) is 0 Å². The third kappa shape index (κ3) is 4.35. The van der Waals surface area contributed by atoms with E-state index in [0.29, 0.717) is 0 Å². The highest BCUT2D eigenvalue weighted by Gasteiger charge is 2.04. The fourth-order valence-electron chi connectivity index (χ4n) is 2.20. The first-order valence-corrected chi connectivity index (χ1v) is 6.99. The van der Waals surface area contributed by atoms with Crippen molar-refractivity contribution in [3.63, 3.8) is 0 Å². The van der Waals surface area contributed by atoms with Crippen molar-refractivity contribution in [2.75, 3.05) is 27.2 Å². The highest BCUT2D eigenvalue weighted by Crippen LogP contribution is 2.17. The molecule has 0 fully saturated rings. The summed E-state index contributed by atoms with van der Waals surface area (Å²) in [7, 11) is 3.89. The number of pyridine rings is 1. The molecule has 2 aromatic rings. The van der Waals surface area contributed by atoms with Crippen molar-refractivity contribution < 1.29 is 4.74 Å². The molecule has 0 radical (unpaired) electrons. The number of methoxy groups -OCH3 is 1. The van der Waals surface area contributed by atoms with Crippen LogP contribution in [0.25, 0.3) is 0 Å². The first-order chi connectivity index (χ1) is 9.79. The Morgan fingerprint density at radius 1 is 1.00 bits per heavy atom. The average Bonchev–Trinajstić information content (AvgIpc) is 2.52. The zero-order valence-corrected chi connectivity index (χ0v) is 12.2. The minimum Gasteiger partial charge on any atom is -0.496 e. The number of benzene rings is 1. The first kappa shape index (κ1) is 14.5. The maximum absolute atomic E-state index is 5.38. The Morgan fingerprint density at radius 3 is 2.45 bits per heavy atom. The van der Waals surface area contributed by atoms with Crippen molar-refractivity contribution in [1.82, 2.24) is 9.88 Å². The van der Waals surface area contributed by atoms with Gasteiger partial charge in [-0.2, -0.15) is 0 Å². The van der Waals surface area contributed by atoms with Crippen molar-refractivity contribution in [2.45, 2.75) is 12.8 Å². The molecule has 1 heterocycles. The van der Waals surface area contributed by atoms with Crippen LogP contribution in [-0.2, 0) is 12.8 Å². The Hall–Kier alpha value is -1.87. The van der Waals surface area contributed by atoms with Crippen LogP contribution in [0.1, 0.15) is 11.1 Å². The molecule has 0 aliphatic rings. The molecule has 0 saturated carbocycles. The Labute approximate surface area is 121 Å². The molecule has 0 N–H and O–H groups in total. The summed E-state index contributed by atoms with van der Waals surface area (Å²) in [5, 5.41) is 0. The van der Waals surface area contributed by atoms with Crippen LogP contribution in [0.5, 0.6) is 5.75 Å². The number of rotatable bonds is 7. The zero-order chi connectivity index (χ0) is 14.2. The molecule has 0 amide bonds. The maximum Gasteiger partial charge on any atom is 0.122 e. The summed E-state index contributed by atoms with van der Waals surface area (Å²) in [5.41, 5.74) is 2.61. The van der Waals surface area contributed by atoms with Crippen LogP contribution in [0.4, 0.5) is 0 Å². The lowest BCUT2D eigenvalue weighted by atomic mass is 10.1. The lowest BCUT2D eigenvalue weighted by molar-refractivity contribution is 0.339. The molecule has 1 aromatic heterocycles. The third-order valence-electron chi connectivity index (χ3n) is 3.49. The number of nitrogens with zero attached hydrogens (tertiary/aromatic N) is 2. The van der Waals surface area contributed by atoms with Gasteiger partial charge in [0.2, 0.25) is 0 Å². The monoisotopic (exact) mass is 270 g/mol. The van der Waals surface area contributed by atoms with Gasteiger partial charge < -0.3 is 9.64 Å². The fraction of sp³-hybridized carbons (Fsp3) is 0.353. The van der Waals surface area contributed by atoms with Crippen LogP contribution in [0.3, 0.4) is 0 Å². The molecule has 106 valence electrons. The fourth-order valence-corrected chi connectivity index (χ4v) is 2.20. The quantitative estimate of drug-likeness (QED) is 0.773. The van der Waals surface area contributed by atoms with E-state index in [0.717, 1.165) is 31.7 Å². The van der Waals surface area contributed by atoms with E-state index in [1.807, 2.05) is 24.5 Å². The topological polar surface area (TPSA) is 25.4 Å². The van der Waals surface area contributed by atoms with Gasteiger partial charge in [-0.1, -0.05) is 18.2 Å². The molecular weight excluding hydrogens is 248 g/mol. The summed E-state index contributed by atoms with van der Waals surface area (Å²) < 4.78 is 5.38. The summed E-state index contributed by atoms with van der Waals surface area (Å²) in [6, 6.07) is 12.4. The molecule has 20 heavy (non-hydrogen) atoms. The third-order valence-corrected chi connectivity index (χ3v) is 3.49. The molecule has 0 saturated heterocycles. The highest BCUT2D eigenvalue weighted by molar-refractivity contribution is 5.33. The first-order valence-electron chi connectivity index (χ1n) is 6.99. The van der Waals surface area contributed by atoms with Crippen molar-refractivity contribution >= 4 is 0 Å². The van der Waals surface area contributed by atoms with Crippen molar-refractivity contribution in [2.24, 2.45) is 0 Å². The number of hydrogen-bond donors (Lipinski definition) is 0. The maximum atomic E-state index is 5.38. The van der Waals surface area contributed by atoms with E-state index in [9.17, 15) is 0 Å². The molecule has 0 aliphatic heterocycles. The van der Waals surface area contributed by atoms with Gasteiger partial charge in [0.1, 0.15) is 5.75 Å². The largest absolute Gasteiger partial charge is 0.496 e. The number of para-hydroxylation sites is 1. The van der Waals surface area contributed by atoms with Gasteiger partial charge in [-0.25, -0.2) is 0 Å². The second-order valence-corrected chi connectivity index (χ2v) is 4.97. The highest BCUT2D eigenvalue weighted by atomic mass is 16.5. The van der Waals surface area contributed by atoms with Gasteiger partial charge in [-0.05, 0) is 49.2 Å². The molecule has 0 spiro atoms. The summed E-state index contributed by atoms with van der Waals surface area (Å²) in [6.45, 7) is 2.09. The Bertz CT molecular complexity index is 513. The molecular formula is C17H22N2O. The minimum absolute atomic E-state index is 0.982. The number of aromatic nitrogens is 1. The number of likely N-dealkylation sites (N-methyl/N-ethyl adjacent to an activating group) is 1. The van der Waals surface area contributed by atoms with Gasteiger partial charge in [0.15, 0.2) is 0 Å². The molecule has 0 aliphatic carbocycles. The van der Waals surface area contributed by atoms with Crippen LogP contribution in [0.15, 0.2) is 48.8 Å². The van der Waals surface area contributed by atoms with Crippen molar-refractivity contribution in [1.29, 1.82) is 0 Å². The smallest absolute Gasteiger partial charge is 0.122 e. The summed E-state index contributed by atoms with van der Waals surface area (Å²) in [6.07, 6.45) is 5.77. The average molecular weight is 270 g/mol. The predicted octanol–water partition coefficient (Wildman–Crippen LogP) is 2.81. The molecule has 0 bridgehead atoms. The minimum atomic E-state index is 0.982. The molecule has 3 heteroatoms. The second-order valence-electron chi connectivity index (χ2n) is 4.97. The van der Waals surface area contributed by atoms with E-state index in [4.69, 9.17) is 4.74 Å². The molecule has 3 nitrogen and oxygen atoms in total. The Balaban J connectivity index is 1.79. The lowest BCUT2D eigenvalue weighted by Gasteiger charge is -2.17. The second kappa shape index (κ2) is 7.65. The van der Waals surface area contributed by atoms with Crippen LogP contribution >= 0.6 is 0 Å². The van der Waals surface area contributed by atoms with Crippen molar-refractivity contribution in [3.05, 3.63) is 59.9 Å². The Kier molecular flexibility index (Phi) is 5.56. The van der Waals surface area contributed by atoms with Crippen LogP contribution < -0.4 is 4.74 Å². The van der Waals surface area contributed by atoms with Crippen molar-refractivity contribution in [3.8, 4) is 5.75 Å².